The summed E-state index contributed by atoms with van der Waals surface area (Å²) < 4.78 is 4.46. The number of carbonyl (C=O) groups is 1. The van der Waals surface area contributed by atoms with Crippen molar-refractivity contribution < 1.29 is 9.53 Å². The fourth-order valence-electron chi connectivity index (χ4n) is 0.620. The maximum absolute atomic E-state index is 10.8. The molecule has 4 heteroatoms. The van der Waals surface area contributed by atoms with E-state index >= 15 is 0 Å². The summed E-state index contributed by atoms with van der Waals surface area (Å²) in [5.41, 5.74) is 0.456. The Balaban J connectivity index is 2.62. The molecule has 4 nitrogen and oxygen atoms in total. The van der Waals surface area contributed by atoms with Crippen molar-refractivity contribution in [1.29, 1.82) is 0 Å². The van der Waals surface area contributed by atoms with Gasteiger partial charge in [-0.2, -0.15) is 0 Å². The maximum Gasteiger partial charge on any atom is 0.354 e. The Morgan fingerprint density at radius 1 is 1.90 bits per heavy atom. The highest BCUT2D eigenvalue weighted by Crippen LogP contribution is 1.93. The van der Waals surface area contributed by atoms with Gasteiger partial charge < -0.3 is 10.1 Å². The van der Waals surface area contributed by atoms with Gasteiger partial charge in [-0.1, -0.05) is 0 Å². The van der Waals surface area contributed by atoms with E-state index in [1.54, 1.807) is 12.3 Å². The van der Waals surface area contributed by atoms with Gasteiger partial charge in [-0.25, -0.2) is 4.79 Å². The first-order valence-corrected chi connectivity index (χ1v) is 2.87. The van der Waals surface area contributed by atoms with Crippen LogP contribution in [-0.2, 0) is 9.53 Å². The van der Waals surface area contributed by atoms with Crippen LogP contribution in [0.5, 0.6) is 0 Å². The van der Waals surface area contributed by atoms with E-state index in [0.29, 0.717) is 12.4 Å². The number of carbonyl (C=O) groups excluding carboxylic acids is 1. The molecular formula is C6H8N2O2. The van der Waals surface area contributed by atoms with Crippen LogP contribution in [0, 0.1) is 0 Å². The third kappa shape index (κ3) is 1.34. The topological polar surface area (TPSA) is 50.7 Å². The first-order chi connectivity index (χ1) is 4.84. The summed E-state index contributed by atoms with van der Waals surface area (Å²) >= 11 is 0. The van der Waals surface area contributed by atoms with E-state index in [4.69, 9.17) is 0 Å². The largest absolute Gasteiger partial charge is 0.464 e. The summed E-state index contributed by atoms with van der Waals surface area (Å²) in [5.74, 6) is -0.355. The van der Waals surface area contributed by atoms with Crippen molar-refractivity contribution in [2.45, 2.75) is 0 Å². The van der Waals surface area contributed by atoms with Crippen molar-refractivity contribution in [2.75, 3.05) is 13.8 Å². The van der Waals surface area contributed by atoms with Gasteiger partial charge in [0, 0.05) is 6.21 Å². The van der Waals surface area contributed by atoms with Gasteiger partial charge in [0.15, 0.2) is 0 Å². The van der Waals surface area contributed by atoms with Crippen LogP contribution >= 0.6 is 0 Å². The zero-order chi connectivity index (χ0) is 7.40. The average molecular weight is 140 g/mol. The molecule has 0 bridgehead atoms. The minimum Gasteiger partial charge on any atom is -0.464 e. The lowest BCUT2D eigenvalue weighted by molar-refractivity contribution is -0.136. The summed E-state index contributed by atoms with van der Waals surface area (Å²) in [6.07, 6.45) is 3.15. The van der Waals surface area contributed by atoms with E-state index in [9.17, 15) is 4.79 Å². The van der Waals surface area contributed by atoms with Crippen molar-refractivity contribution in [3.8, 4) is 0 Å². The van der Waals surface area contributed by atoms with Crippen molar-refractivity contribution in [1.82, 2.24) is 5.32 Å². The summed E-state index contributed by atoms with van der Waals surface area (Å²) in [4.78, 5) is 14.6. The van der Waals surface area contributed by atoms with Crippen LogP contribution in [0.2, 0.25) is 0 Å². The SMILES string of the molecule is COC(=O)C1=CC=NCN1. The Morgan fingerprint density at radius 2 is 2.70 bits per heavy atom. The number of hydrogen-bond acceptors (Lipinski definition) is 4. The number of hydrogen-bond donors (Lipinski definition) is 1. The zero-order valence-corrected chi connectivity index (χ0v) is 5.63. The van der Waals surface area contributed by atoms with Crippen molar-refractivity contribution in [2.24, 2.45) is 4.99 Å². The average Bonchev–Trinajstić information content (AvgIpc) is 2.05. The molecule has 0 aromatic rings. The molecule has 0 atom stereocenters. The first-order valence-electron chi connectivity index (χ1n) is 2.87. The second kappa shape index (κ2) is 3.00. The molecule has 10 heavy (non-hydrogen) atoms. The van der Waals surface area contributed by atoms with Gasteiger partial charge >= 0.3 is 5.97 Å². The van der Waals surface area contributed by atoms with Crippen LogP contribution in [0.15, 0.2) is 16.8 Å². The summed E-state index contributed by atoms with van der Waals surface area (Å²) in [5, 5.41) is 2.76. The maximum atomic E-state index is 10.8. The summed E-state index contributed by atoms with van der Waals surface area (Å²) in [6, 6.07) is 0. The fraction of sp³-hybridized carbons (Fsp3) is 0.333. The number of methoxy groups -OCH3 is 1. The van der Waals surface area contributed by atoms with Crippen LogP contribution < -0.4 is 5.32 Å². The molecule has 1 rings (SSSR count). The van der Waals surface area contributed by atoms with Gasteiger partial charge in [0.05, 0.1) is 7.11 Å². The van der Waals surface area contributed by atoms with Crippen LogP contribution in [-0.4, -0.2) is 26.0 Å². The highest BCUT2D eigenvalue weighted by atomic mass is 16.5. The van der Waals surface area contributed by atoms with Crippen molar-refractivity contribution in [3.05, 3.63) is 11.8 Å². The third-order valence-electron chi connectivity index (χ3n) is 1.11. The Labute approximate surface area is 58.6 Å². The lowest BCUT2D eigenvalue weighted by Crippen LogP contribution is -2.24. The molecule has 0 aromatic heterocycles. The standard InChI is InChI=1S/C6H8N2O2/c1-10-6(9)5-2-3-7-4-8-5/h2-3,8H,4H2,1H3. The molecule has 0 radical (unpaired) electrons. The lowest BCUT2D eigenvalue weighted by atomic mass is 10.4. The third-order valence-corrected chi connectivity index (χ3v) is 1.11. The fourth-order valence-corrected chi connectivity index (χ4v) is 0.620. The van der Waals surface area contributed by atoms with Gasteiger partial charge in [0.2, 0.25) is 0 Å². The van der Waals surface area contributed by atoms with Gasteiger partial charge in [0.1, 0.15) is 12.4 Å². The van der Waals surface area contributed by atoms with Crippen LogP contribution in [0.1, 0.15) is 0 Å². The summed E-state index contributed by atoms with van der Waals surface area (Å²) in [7, 11) is 1.34. The number of rotatable bonds is 1. The predicted molar refractivity (Wildman–Crippen MR) is 36.6 cm³/mol. The smallest absolute Gasteiger partial charge is 0.354 e. The minimum absolute atomic E-state index is 0.355. The molecule has 0 saturated carbocycles. The molecule has 1 N–H and O–H groups in total. The van der Waals surface area contributed by atoms with E-state index in [-0.39, 0.29) is 5.97 Å². The molecule has 0 unspecified atom stereocenters. The normalized spacial score (nSPS) is 15.5. The van der Waals surface area contributed by atoms with E-state index in [2.05, 4.69) is 15.0 Å². The summed E-state index contributed by atoms with van der Waals surface area (Å²) in [6.45, 7) is 0.445. The zero-order valence-electron chi connectivity index (χ0n) is 5.63. The monoisotopic (exact) mass is 140 g/mol. The van der Waals surface area contributed by atoms with E-state index in [0.717, 1.165) is 0 Å². The van der Waals surface area contributed by atoms with Gasteiger partial charge in [0.25, 0.3) is 0 Å². The van der Waals surface area contributed by atoms with E-state index in [1.165, 1.54) is 7.11 Å². The van der Waals surface area contributed by atoms with Crippen LogP contribution in [0.25, 0.3) is 0 Å². The molecule has 1 aliphatic heterocycles. The molecule has 0 aliphatic carbocycles. The van der Waals surface area contributed by atoms with Crippen molar-refractivity contribution in [3.63, 3.8) is 0 Å². The first kappa shape index (κ1) is 6.80. The quantitative estimate of drug-likeness (QED) is 0.507. The number of esters is 1. The van der Waals surface area contributed by atoms with E-state index < -0.39 is 0 Å². The van der Waals surface area contributed by atoms with Gasteiger partial charge in [-0.05, 0) is 6.08 Å². The Hall–Kier alpha value is -1.32. The molecule has 0 spiro atoms. The molecule has 1 aliphatic rings. The van der Waals surface area contributed by atoms with Gasteiger partial charge in [-0.15, -0.1) is 0 Å². The Morgan fingerprint density at radius 3 is 3.20 bits per heavy atom. The molecule has 1 heterocycles. The molecular weight excluding hydrogens is 132 g/mol. The Bertz CT molecular complexity index is 196. The van der Waals surface area contributed by atoms with Crippen LogP contribution in [0.4, 0.5) is 0 Å². The second-order valence-electron chi connectivity index (χ2n) is 1.74. The molecule has 0 amide bonds. The minimum atomic E-state index is -0.355. The number of nitrogens with zero attached hydrogens (tertiary/aromatic N) is 1. The highest BCUT2D eigenvalue weighted by Gasteiger charge is 2.08. The number of allylic oxidation sites excluding steroid dienone is 1. The highest BCUT2D eigenvalue weighted by molar-refractivity contribution is 5.93. The van der Waals surface area contributed by atoms with E-state index in [1.807, 2.05) is 0 Å². The number of aliphatic imine (C=N–C) groups is 1. The molecule has 54 valence electrons. The number of nitrogens with one attached hydrogen (secondary N) is 1. The Kier molecular flexibility index (Phi) is 2.04. The van der Waals surface area contributed by atoms with Crippen LogP contribution in [0.3, 0.4) is 0 Å². The lowest BCUT2D eigenvalue weighted by Gasteiger charge is -2.07. The molecule has 0 fully saturated rings. The molecule has 0 saturated heterocycles. The van der Waals surface area contributed by atoms with Gasteiger partial charge in [-0.3, -0.25) is 4.99 Å². The van der Waals surface area contributed by atoms with Crippen molar-refractivity contribution >= 4 is 12.2 Å². The predicted octanol–water partition coefficient (Wildman–Crippen LogP) is -0.325. The number of ether oxygens (including phenoxy) is 1. The molecule has 0 aromatic carbocycles. The second-order valence-corrected chi connectivity index (χ2v) is 1.74.